The molecule has 19 heavy (non-hydrogen) atoms. The van der Waals surface area contributed by atoms with Crippen LogP contribution >= 0.6 is 0 Å². The van der Waals surface area contributed by atoms with Gasteiger partial charge in [-0.25, -0.2) is 4.39 Å². The Morgan fingerprint density at radius 1 is 1.53 bits per heavy atom. The van der Waals surface area contributed by atoms with Crippen molar-refractivity contribution >= 4 is 17.3 Å². The summed E-state index contributed by atoms with van der Waals surface area (Å²) in [6.07, 6.45) is 0.951. The van der Waals surface area contributed by atoms with Gasteiger partial charge >= 0.3 is 0 Å². The van der Waals surface area contributed by atoms with Crippen molar-refractivity contribution in [1.82, 2.24) is 0 Å². The van der Waals surface area contributed by atoms with E-state index in [0.717, 1.165) is 6.42 Å². The molecular weight excluding hydrogens is 249 g/mol. The minimum Gasteiger partial charge on any atom is -0.490 e. The van der Waals surface area contributed by atoms with Gasteiger partial charge in [-0.1, -0.05) is 6.92 Å². The Morgan fingerprint density at radius 2 is 2.21 bits per heavy atom. The minimum absolute atomic E-state index is 0.143. The molecular formula is C13H20FN3O2. The van der Waals surface area contributed by atoms with Crippen molar-refractivity contribution in [3.05, 3.63) is 17.9 Å². The van der Waals surface area contributed by atoms with Crippen LogP contribution < -0.4 is 21.5 Å². The van der Waals surface area contributed by atoms with Crippen molar-refractivity contribution in [2.75, 3.05) is 17.7 Å². The van der Waals surface area contributed by atoms with Gasteiger partial charge in [0.25, 0.3) is 0 Å². The Labute approximate surface area is 112 Å². The van der Waals surface area contributed by atoms with Crippen LogP contribution in [0.5, 0.6) is 5.75 Å². The highest BCUT2D eigenvalue weighted by Crippen LogP contribution is 2.29. The molecule has 0 radical (unpaired) electrons. The molecule has 1 aromatic carbocycles. The zero-order valence-corrected chi connectivity index (χ0v) is 11.2. The van der Waals surface area contributed by atoms with E-state index >= 15 is 0 Å². The molecule has 0 heterocycles. The summed E-state index contributed by atoms with van der Waals surface area (Å²) in [5.41, 5.74) is 11.6. The summed E-state index contributed by atoms with van der Waals surface area (Å²) in [5, 5.41) is 3.01. The van der Waals surface area contributed by atoms with Gasteiger partial charge in [-0.2, -0.15) is 0 Å². The second-order valence-electron chi connectivity index (χ2n) is 4.43. The fourth-order valence-electron chi connectivity index (χ4n) is 1.63. The number of hydrogen-bond acceptors (Lipinski definition) is 4. The van der Waals surface area contributed by atoms with E-state index in [9.17, 15) is 9.18 Å². The van der Waals surface area contributed by atoms with E-state index in [0.29, 0.717) is 12.3 Å². The summed E-state index contributed by atoms with van der Waals surface area (Å²) in [6, 6.07) is 2.51. The number of nitrogens with one attached hydrogen (secondary N) is 1. The van der Waals surface area contributed by atoms with E-state index in [1.54, 1.807) is 6.92 Å². The lowest BCUT2D eigenvalue weighted by molar-refractivity contribution is -0.118. The summed E-state index contributed by atoms with van der Waals surface area (Å²) in [5.74, 6) is -0.771. The lowest BCUT2D eigenvalue weighted by Gasteiger charge is -2.17. The molecule has 1 rings (SSSR count). The maximum absolute atomic E-state index is 13.6. The number of rotatable bonds is 7. The summed E-state index contributed by atoms with van der Waals surface area (Å²) in [4.78, 5) is 10.8. The first kappa shape index (κ1) is 15.1. The van der Waals surface area contributed by atoms with Gasteiger partial charge in [-0.15, -0.1) is 0 Å². The highest BCUT2D eigenvalue weighted by Gasteiger charge is 2.12. The quantitative estimate of drug-likeness (QED) is 0.659. The molecule has 0 bridgehead atoms. The van der Waals surface area contributed by atoms with E-state index < -0.39 is 11.7 Å². The Balaban J connectivity index is 2.84. The maximum atomic E-state index is 13.6. The molecule has 0 fully saturated rings. The third-order valence-electron chi connectivity index (χ3n) is 2.48. The van der Waals surface area contributed by atoms with Gasteiger partial charge in [0.15, 0.2) is 11.6 Å². The molecule has 0 aliphatic rings. The van der Waals surface area contributed by atoms with Gasteiger partial charge in [0, 0.05) is 24.6 Å². The van der Waals surface area contributed by atoms with Crippen LogP contribution in [0, 0.1) is 5.82 Å². The van der Waals surface area contributed by atoms with Crippen molar-refractivity contribution in [2.45, 2.75) is 32.7 Å². The number of anilines is 2. The topological polar surface area (TPSA) is 90.4 Å². The van der Waals surface area contributed by atoms with Crippen LogP contribution in [-0.4, -0.2) is 18.6 Å². The smallest absolute Gasteiger partial charge is 0.219 e. The predicted molar refractivity (Wildman–Crippen MR) is 73.5 cm³/mol. The zero-order chi connectivity index (χ0) is 14.4. The summed E-state index contributed by atoms with van der Waals surface area (Å²) in [7, 11) is 0. The molecule has 5 nitrogen and oxygen atoms in total. The first-order valence-corrected chi connectivity index (χ1v) is 6.20. The largest absolute Gasteiger partial charge is 0.490 e. The molecule has 0 saturated carbocycles. The van der Waals surface area contributed by atoms with Crippen molar-refractivity contribution in [3.63, 3.8) is 0 Å². The van der Waals surface area contributed by atoms with Crippen LogP contribution in [0.2, 0.25) is 0 Å². The maximum Gasteiger partial charge on any atom is 0.219 e. The van der Waals surface area contributed by atoms with E-state index in [4.69, 9.17) is 16.2 Å². The Hall–Kier alpha value is -1.98. The number of nitrogens with two attached hydrogens (primary N) is 2. The second kappa shape index (κ2) is 6.82. The summed E-state index contributed by atoms with van der Waals surface area (Å²) in [6.45, 7) is 4.15. The number of halogens is 1. The fourth-order valence-corrected chi connectivity index (χ4v) is 1.63. The van der Waals surface area contributed by atoms with Gasteiger partial charge in [-0.05, 0) is 13.3 Å². The third-order valence-corrected chi connectivity index (χ3v) is 2.48. The van der Waals surface area contributed by atoms with Crippen molar-refractivity contribution < 1.29 is 13.9 Å². The Morgan fingerprint density at radius 3 is 2.79 bits per heavy atom. The average molecular weight is 269 g/mol. The number of nitrogen functional groups attached to an aromatic ring is 1. The number of benzene rings is 1. The van der Waals surface area contributed by atoms with Gasteiger partial charge in [0.05, 0.1) is 18.0 Å². The van der Waals surface area contributed by atoms with Crippen LogP contribution in [-0.2, 0) is 4.79 Å². The molecule has 0 aliphatic heterocycles. The van der Waals surface area contributed by atoms with Gasteiger partial charge in [-0.3, -0.25) is 4.79 Å². The molecule has 0 spiro atoms. The second-order valence-corrected chi connectivity index (χ2v) is 4.43. The number of carbonyl (C=O) groups excluding carboxylic acids is 1. The van der Waals surface area contributed by atoms with Gasteiger partial charge in [0.2, 0.25) is 5.91 Å². The number of ether oxygens (including phenoxy) is 1. The van der Waals surface area contributed by atoms with Crippen LogP contribution in [0.4, 0.5) is 15.8 Å². The molecule has 1 unspecified atom stereocenters. The first-order valence-electron chi connectivity index (χ1n) is 6.20. The normalized spacial score (nSPS) is 11.9. The molecule has 6 heteroatoms. The molecule has 0 aromatic heterocycles. The lowest BCUT2D eigenvalue weighted by Crippen LogP contribution is -2.24. The van der Waals surface area contributed by atoms with Crippen LogP contribution in [0.25, 0.3) is 0 Å². The number of carbonyl (C=O) groups is 1. The van der Waals surface area contributed by atoms with E-state index in [2.05, 4.69) is 5.32 Å². The van der Waals surface area contributed by atoms with Crippen LogP contribution in [0.3, 0.4) is 0 Å². The van der Waals surface area contributed by atoms with Crippen molar-refractivity contribution in [3.8, 4) is 5.75 Å². The molecule has 1 atom stereocenters. The third kappa shape index (κ3) is 4.65. The van der Waals surface area contributed by atoms with Crippen molar-refractivity contribution in [1.29, 1.82) is 0 Å². The number of primary amides is 1. The highest BCUT2D eigenvalue weighted by atomic mass is 19.1. The number of amides is 1. The van der Waals surface area contributed by atoms with E-state index in [1.807, 2.05) is 6.92 Å². The van der Waals surface area contributed by atoms with Gasteiger partial charge in [0.1, 0.15) is 0 Å². The highest BCUT2D eigenvalue weighted by molar-refractivity contribution is 5.76. The molecule has 1 aromatic rings. The van der Waals surface area contributed by atoms with Gasteiger partial charge < -0.3 is 21.5 Å². The van der Waals surface area contributed by atoms with Crippen LogP contribution in [0.1, 0.15) is 26.7 Å². The fraction of sp³-hybridized carbons (Fsp3) is 0.462. The van der Waals surface area contributed by atoms with Crippen LogP contribution in [0.15, 0.2) is 12.1 Å². The number of hydrogen-bond donors (Lipinski definition) is 3. The standard InChI is InChI=1S/C13H20FN3O2/c1-3-4-19-12-7-11(10(15)6-9(12)14)17-8(2)5-13(16)18/h6-8,17H,3-5,15H2,1-2H3,(H2,16,18). The zero-order valence-electron chi connectivity index (χ0n) is 11.2. The predicted octanol–water partition coefficient (Wildman–Crippen LogP) is 1.87. The average Bonchev–Trinajstić information content (AvgIpc) is 2.30. The molecule has 0 saturated heterocycles. The Kier molecular flexibility index (Phi) is 5.41. The first-order chi connectivity index (χ1) is 8.93. The minimum atomic E-state index is -0.501. The van der Waals surface area contributed by atoms with Crippen molar-refractivity contribution in [2.24, 2.45) is 5.73 Å². The summed E-state index contributed by atoms with van der Waals surface area (Å²) < 4.78 is 18.9. The molecule has 5 N–H and O–H groups in total. The molecule has 0 aliphatic carbocycles. The van der Waals surface area contributed by atoms with E-state index in [-0.39, 0.29) is 23.9 Å². The summed E-state index contributed by atoms with van der Waals surface area (Å²) >= 11 is 0. The lowest BCUT2D eigenvalue weighted by atomic mass is 10.2. The molecule has 106 valence electrons. The monoisotopic (exact) mass is 269 g/mol. The SMILES string of the molecule is CCCOc1cc(NC(C)CC(N)=O)c(N)cc1F. The molecule has 1 amide bonds. The van der Waals surface area contributed by atoms with E-state index in [1.165, 1.54) is 12.1 Å². The Bertz CT molecular complexity index is 452.